The normalized spacial score (nSPS) is 10.3. The third-order valence-corrected chi connectivity index (χ3v) is 4.73. The second-order valence-electron chi connectivity index (χ2n) is 5.34. The van der Waals surface area contributed by atoms with Gasteiger partial charge in [-0.2, -0.15) is 0 Å². The highest BCUT2D eigenvalue weighted by molar-refractivity contribution is 7.18. The largest absolute Gasteiger partial charge is 0.493 e. The van der Waals surface area contributed by atoms with Gasteiger partial charge in [-0.05, 0) is 25.2 Å². The number of hydrogen-bond donors (Lipinski definition) is 1. The number of anilines is 1. The van der Waals surface area contributed by atoms with E-state index in [9.17, 15) is 4.79 Å². The number of carbonyl (C=O) groups excluding carboxylic acids is 1. The Balaban J connectivity index is 0.00000364. The fourth-order valence-electron chi connectivity index (χ4n) is 2.40. The predicted molar refractivity (Wildman–Crippen MR) is 109 cm³/mol. The first kappa shape index (κ1) is 22.9. The first-order valence-corrected chi connectivity index (χ1v) is 9.03. The predicted octanol–water partition coefficient (Wildman–Crippen LogP) is 2.93. The molecule has 1 amide bonds. The van der Waals surface area contributed by atoms with Crippen LogP contribution in [0.3, 0.4) is 0 Å². The van der Waals surface area contributed by atoms with Gasteiger partial charge in [0, 0.05) is 5.56 Å². The molecule has 27 heavy (non-hydrogen) atoms. The minimum atomic E-state index is -0.110. The Hall–Kier alpha value is -2.10. The molecule has 0 bridgehead atoms. The van der Waals surface area contributed by atoms with Crippen molar-refractivity contribution in [2.75, 3.05) is 46.3 Å². The molecule has 0 unspecified atom stereocenters. The number of ether oxygens (including phenoxy) is 3. The molecule has 2 aromatic rings. The second-order valence-corrected chi connectivity index (χ2v) is 6.31. The molecule has 150 valence electrons. The molecule has 8 nitrogen and oxygen atoms in total. The van der Waals surface area contributed by atoms with E-state index >= 15 is 0 Å². The van der Waals surface area contributed by atoms with Gasteiger partial charge < -0.3 is 14.2 Å². The van der Waals surface area contributed by atoms with Crippen molar-refractivity contribution in [1.82, 2.24) is 15.1 Å². The number of nitrogens with one attached hydrogen (secondary N) is 1. The number of rotatable bonds is 9. The van der Waals surface area contributed by atoms with Crippen LogP contribution in [0.15, 0.2) is 12.1 Å². The van der Waals surface area contributed by atoms with Crippen LogP contribution in [-0.4, -0.2) is 62.0 Å². The molecule has 1 heterocycles. The van der Waals surface area contributed by atoms with Crippen molar-refractivity contribution in [2.24, 2.45) is 0 Å². The molecule has 0 atom stereocenters. The Kier molecular flexibility index (Phi) is 9.27. The molecule has 0 aliphatic carbocycles. The summed E-state index contributed by atoms with van der Waals surface area (Å²) in [6.45, 7) is 5.99. The summed E-state index contributed by atoms with van der Waals surface area (Å²) in [5.74, 6) is 1.46. The molecule has 1 aromatic carbocycles. The van der Waals surface area contributed by atoms with E-state index in [0.29, 0.717) is 33.9 Å². The summed E-state index contributed by atoms with van der Waals surface area (Å²) in [5, 5.41) is 12.1. The van der Waals surface area contributed by atoms with Gasteiger partial charge in [0.15, 0.2) is 11.5 Å². The number of methoxy groups -OCH3 is 3. The van der Waals surface area contributed by atoms with Gasteiger partial charge >= 0.3 is 0 Å². The van der Waals surface area contributed by atoms with E-state index in [2.05, 4.69) is 15.5 Å². The number of aromatic nitrogens is 2. The summed E-state index contributed by atoms with van der Waals surface area (Å²) in [5.41, 5.74) is 0.765. The highest BCUT2D eigenvalue weighted by atomic mass is 35.5. The van der Waals surface area contributed by atoms with Gasteiger partial charge in [0.2, 0.25) is 16.8 Å². The summed E-state index contributed by atoms with van der Waals surface area (Å²) >= 11 is 1.28. The number of halogens is 1. The molecule has 1 N–H and O–H groups in total. The Morgan fingerprint density at radius 3 is 2.15 bits per heavy atom. The van der Waals surface area contributed by atoms with Crippen molar-refractivity contribution < 1.29 is 19.0 Å². The van der Waals surface area contributed by atoms with E-state index in [0.717, 1.165) is 18.7 Å². The minimum absolute atomic E-state index is 0. The number of hydrogen-bond acceptors (Lipinski definition) is 8. The number of amides is 1. The van der Waals surface area contributed by atoms with Crippen LogP contribution < -0.4 is 19.5 Å². The van der Waals surface area contributed by atoms with Gasteiger partial charge in [-0.15, -0.1) is 22.6 Å². The van der Waals surface area contributed by atoms with Crippen molar-refractivity contribution in [2.45, 2.75) is 13.8 Å². The van der Waals surface area contributed by atoms with E-state index in [1.54, 1.807) is 33.5 Å². The van der Waals surface area contributed by atoms with Gasteiger partial charge in [0.05, 0.1) is 27.9 Å². The average Bonchev–Trinajstić information content (AvgIpc) is 3.12. The molecule has 0 saturated carbocycles. The van der Waals surface area contributed by atoms with Gasteiger partial charge in [0.25, 0.3) is 0 Å². The SMILES string of the molecule is CCN(CC)CC(=O)Nc1nnc(-c2cc(OC)c(OC)c(OC)c2)s1.Cl. The summed E-state index contributed by atoms with van der Waals surface area (Å²) in [4.78, 5) is 14.1. The third kappa shape index (κ3) is 5.69. The van der Waals surface area contributed by atoms with Crippen LogP contribution in [0, 0.1) is 0 Å². The fraction of sp³-hybridized carbons (Fsp3) is 0.471. The van der Waals surface area contributed by atoms with Crippen molar-refractivity contribution in [3.05, 3.63) is 12.1 Å². The maximum Gasteiger partial charge on any atom is 0.240 e. The molecule has 0 aliphatic heterocycles. The van der Waals surface area contributed by atoms with E-state index in [1.807, 2.05) is 18.7 Å². The van der Waals surface area contributed by atoms with Crippen LogP contribution in [0.5, 0.6) is 17.2 Å². The second kappa shape index (κ2) is 10.9. The Labute approximate surface area is 169 Å². The molecule has 1 aromatic heterocycles. The smallest absolute Gasteiger partial charge is 0.240 e. The molecule has 0 radical (unpaired) electrons. The number of nitrogens with zero attached hydrogens (tertiary/aromatic N) is 3. The topological polar surface area (TPSA) is 85.8 Å². The van der Waals surface area contributed by atoms with Crippen molar-refractivity contribution in [3.8, 4) is 27.8 Å². The maximum atomic E-state index is 12.1. The van der Waals surface area contributed by atoms with Gasteiger partial charge in [-0.1, -0.05) is 25.2 Å². The molecular formula is C17H25ClN4O4S. The summed E-state index contributed by atoms with van der Waals surface area (Å²) in [7, 11) is 4.66. The Morgan fingerprint density at radius 1 is 1.07 bits per heavy atom. The standard InChI is InChI=1S/C17H24N4O4S.ClH/c1-6-21(7-2)10-14(22)18-17-20-19-16(26-17)11-8-12(23-3)15(25-5)13(9-11)24-4;/h8-9H,6-7,10H2,1-5H3,(H,18,20,22);1H. The highest BCUT2D eigenvalue weighted by Crippen LogP contribution is 2.42. The van der Waals surface area contributed by atoms with Crippen LogP contribution in [0.1, 0.15) is 13.8 Å². The van der Waals surface area contributed by atoms with Crippen LogP contribution in [0.4, 0.5) is 5.13 Å². The molecule has 0 spiro atoms. The number of benzene rings is 1. The van der Waals surface area contributed by atoms with Crippen LogP contribution >= 0.6 is 23.7 Å². The monoisotopic (exact) mass is 416 g/mol. The van der Waals surface area contributed by atoms with Gasteiger partial charge in [-0.3, -0.25) is 15.0 Å². The first-order chi connectivity index (χ1) is 12.6. The lowest BCUT2D eigenvalue weighted by molar-refractivity contribution is -0.117. The van der Waals surface area contributed by atoms with Crippen LogP contribution in [0.25, 0.3) is 10.6 Å². The zero-order valence-corrected chi connectivity index (χ0v) is 17.7. The van der Waals surface area contributed by atoms with Crippen molar-refractivity contribution in [1.29, 1.82) is 0 Å². The lowest BCUT2D eigenvalue weighted by Gasteiger charge is -2.16. The van der Waals surface area contributed by atoms with Crippen LogP contribution in [-0.2, 0) is 4.79 Å². The van der Waals surface area contributed by atoms with Gasteiger partial charge in [-0.25, -0.2) is 0 Å². The summed E-state index contributed by atoms with van der Waals surface area (Å²) < 4.78 is 16.0. The zero-order valence-electron chi connectivity index (χ0n) is 16.1. The zero-order chi connectivity index (χ0) is 19.1. The molecular weight excluding hydrogens is 392 g/mol. The first-order valence-electron chi connectivity index (χ1n) is 8.22. The molecule has 0 aliphatic rings. The molecule has 2 rings (SSSR count). The summed E-state index contributed by atoms with van der Waals surface area (Å²) in [6.07, 6.45) is 0. The summed E-state index contributed by atoms with van der Waals surface area (Å²) in [6, 6.07) is 3.59. The molecule has 0 saturated heterocycles. The third-order valence-electron chi connectivity index (χ3n) is 3.84. The van der Waals surface area contributed by atoms with Gasteiger partial charge in [0.1, 0.15) is 5.01 Å². The lowest BCUT2D eigenvalue weighted by Crippen LogP contribution is -2.32. The van der Waals surface area contributed by atoms with Crippen molar-refractivity contribution in [3.63, 3.8) is 0 Å². The molecule has 0 fully saturated rings. The minimum Gasteiger partial charge on any atom is -0.493 e. The van der Waals surface area contributed by atoms with E-state index in [4.69, 9.17) is 14.2 Å². The van der Waals surface area contributed by atoms with Crippen LogP contribution in [0.2, 0.25) is 0 Å². The number of likely N-dealkylation sites (N-methyl/N-ethyl adjacent to an activating group) is 1. The lowest BCUT2D eigenvalue weighted by atomic mass is 10.2. The van der Waals surface area contributed by atoms with E-state index in [-0.39, 0.29) is 18.3 Å². The molecule has 10 heteroatoms. The maximum absolute atomic E-state index is 12.1. The Bertz CT molecular complexity index is 727. The fourth-order valence-corrected chi connectivity index (χ4v) is 3.15. The average molecular weight is 417 g/mol. The highest BCUT2D eigenvalue weighted by Gasteiger charge is 2.17. The quantitative estimate of drug-likeness (QED) is 0.672. The van der Waals surface area contributed by atoms with Crippen molar-refractivity contribution >= 4 is 34.8 Å². The van der Waals surface area contributed by atoms with E-state index < -0.39 is 0 Å². The Morgan fingerprint density at radius 2 is 1.67 bits per heavy atom. The van der Waals surface area contributed by atoms with E-state index in [1.165, 1.54) is 11.3 Å². The number of carbonyl (C=O) groups is 1.